The molecule has 4 nitrogen and oxygen atoms in total. The van der Waals surface area contributed by atoms with Crippen molar-refractivity contribution < 1.29 is 0 Å². The maximum absolute atomic E-state index is 9.03. The van der Waals surface area contributed by atoms with Gasteiger partial charge in [0.1, 0.15) is 5.82 Å². The minimum Gasteiger partial charge on any atom is -0.306 e. The molecule has 0 unspecified atom stereocenters. The van der Waals surface area contributed by atoms with Gasteiger partial charge in [-0.2, -0.15) is 5.26 Å². The zero-order valence-corrected chi connectivity index (χ0v) is 13.2. The summed E-state index contributed by atoms with van der Waals surface area (Å²) < 4.78 is 3.12. The molecule has 1 aliphatic heterocycles. The molecule has 0 fully saturated rings. The number of aromatic nitrogens is 3. The number of fused-ring (bicyclic) bond motifs is 1. The number of nitriles is 1. The standard InChI is InChI=1S/C14H13BrN4S/c15-11-6-10(9-16)7-12(8-11)20-14-18-17-13-4-2-1-3-5-19(13)14/h6-8H,1-5H2. The van der Waals surface area contributed by atoms with Crippen LogP contribution in [-0.2, 0) is 13.0 Å². The summed E-state index contributed by atoms with van der Waals surface area (Å²) in [7, 11) is 0. The highest BCUT2D eigenvalue weighted by Gasteiger charge is 2.15. The molecular formula is C14H13BrN4S. The topological polar surface area (TPSA) is 54.5 Å². The normalized spacial score (nSPS) is 14.4. The summed E-state index contributed by atoms with van der Waals surface area (Å²) in [5.41, 5.74) is 0.650. The number of aryl methyl sites for hydroxylation is 1. The Kier molecular flexibility index (Phi) is 4.08. The summed E-state index contributed by atoms with van der Waals surface area (Å²) in [6, 6.07) is 7.87. The van der Waals surface area contributed by atoms with Gasteiger partial charge in [-0.05, 0) is 42.8 Å². The van der Waals surface area contributed by atoms with Gasteiger partial charge in [-0.25, -0.2) is 0 Å². The zero-order chi connectivity index (χ0) is 13.9. The molecule has 0 aliphatic carbocycles. The van der Waals surface area contributed by atoms with Gasteiger partial charge in [0.2, 0.25) is 0 Å². The van der Waals surface area contributed by atoms with E-state index in [1.807, 2.05) is 18.2 Å². The minimum atomic E-state index is 0.650. The Hall–Kier alpha value is -1.32. The number of hydrogen-bond acceptors (Lipinski definition) is 4. The van der Waals surface area contributed by atoms with E-state index in [0.29, 0.717) is 5.56 Å². The highest BCUT2D eigenvalue weighted by atomic mass is 79.9. The van der Waals surface area contributed by atoms with Crippen molar-refractivity contribution in [3.05, 3.63) is 34.1 Å². The molecule has 2 heterocycles. The van der Waals surface area contributed by atoms with Crippen LogP contribution < -0.4 is 0 Å². The molecule has 0 saturated heterocycles. The Bertz CT molecular complexity index is 674. The van der Waals surface area contributed by atoms with E-state index in [9.17, 15) is 0 Å². The Labute approximate surface area is 130 Å². The van der Waals surface area contributed by atoms with Gasteiger partial charge in [-0.15, -0.1) is 10.2 Å². The molecule has 3 rings (SSSR count). The Morgan fingerprint density at radius 3 is 2.95 bits per heavy atom. The maximum atomic E-state index is 9.03. The summed E-state index contributed by atoms with van der Waals surface area (Å²) in [6.07, 6.45) is 4.64. The Balaban J connectivity index is 1.90. The van der Waals surface area contributed by atoms with Crippen LogP contribution in [0, 0.1) is 11.3 Å². The second-order valence-electron chi connectivity index (χ2n) is 4.75. The fourth-order valence-corrected chi connectivity index (χ4v) is 3.94. The lowest BCUT2D eigenvalue weighted by atomic mass is 10.2. The molecule has 2 aromatic rings. The van der Waals surface area contributed by atoms with Crippen LogP contribution in [0.15, 0.2) is 32.7 Å². The predicted octanol–water partition coefficient (Wildman–Crippen LogP) is 3.79. The molecule has 1 aliphatic rings. The van der Waals surface area contributed by atoms with Gasteiger partial charge in [-0.1, -0.05) is 22.4 Å². The van der Waals surface area contributed by atoms with Crippen molar-refractivity contribution in [2.24, 2.45) is 0 Å². The molecule has 102 valence electrons. The molecule has 1 aromatic heterocycles. The third-order valence-electron chi connectivity index (χ3n) is 3.29. The van der Waals surface area contributed by atoms with E-state index in [4.69, 9.17) is 5.26 Å². The zero-order valence-electron chi connectivity index (χ0n) is 10.8. The van der Waals surface area contributed by atoms with Crippen LogP contribution in [0.1, 0.15) is 30.7 Å². The van der Waals surface area contributed by atoms with Gasteiger partial charge in [0, 0.05) is 22.3 Å². The first-order chi connectivity index (χ1) is 9.76. The Morgan fingerprint density at radius 1 is 1.20 bits per heavy atom. The third kappa shape index (κ3) is 2.89. The summed E-state index contributed by atoms with van der Waals surface area (Å²) >= 11 is 5.01. The molecule has 6 heteroatoms. The van der Waals surface area contributed by atoms with Gasteiger partial charge in [-0.3, -0.25) is 0 Å². The molecule has 0 saturated carbocycles. The van der Waals surface area contributed by atoms with E-state index in [1.54, 1.807) is 11.8 Å². The second-order valence-corrected chi connectivity index (χ2v) is 6.71. The largest absolute Gasteiger partial charge is 0.306 e. The monoisotopic (exact) mass is 348 g/mol. The molecule has 20 heavy (non-hydrogen) atoms. The van der Waals surface area contributed by atoms with Gasteiger partial charge in [0.05, 0.1) is 11.6 Å². The van der Waals surface area contributed by atoms with Crippen LogP contribution in [-0.4, -0.2) is 14.8 Å². The lowest BCUT2D eigenvalue weighted by molar-refractivity contribution is 0.591. The smallest absolute Gasteiger partial charge is 0.196 e. The summed E-state index contributed by atoms with van der Waals surface area (Å²) in [5.74, 6) is 1.08. The van der Waals surface area contributed by atoms with Crippen molar-refractivity contribution in [2.45, 2.75) is 42.3 Å². The summed E-state index contributed by atoms with van der Waals surface area (Å²) in [4.78, 5) is 1.01. The van der Waals surface area contributed by atoms with Crippen LogP contribution >= 0.6 is 27.7 Å². The minimum absolute atomic E-state index is 0.650. The number of benzene rings is 1. The van der Waals surface area contributed by atoms with E-state index in [1.165, 1.54) is 19.3 Å². The van der Waals surface area contributed by atoms with Gasteiger partial charge in [0.25, 0.3) is 0 Å². The van der Waals surface area contributed by atoms with Crippen LogP contribution in [0.2, 0.25) is 0 Å². The van der Waals surface area contributed by atoms with Gasteiger partial charge >= 0.3 is 0 Å². The number of nitrogens with zero attached hydrogens (tertiary/aromatic N) is 4. The summed E-state index contributed by atoms with van der Waals surface area (Å²) in [6.45, 7) is 0.990. The van der Waals surface area contributed by atoms with E-state index in [0.717, 1.165) is 33.3 Å². The first-order valence-electron chi connectivity index (χ1n) is 6.57. The SMILES string of the molecule is N#Cc1cc(Br)cc(Sc2nnc3n2CCCCC3)c1. The lowest BCUT2D eigenvalue weighted by Gasteiger charge is -2.06. The quantitative estimate of drug-likeness (QED) is 0.828. The fourth-order valence-electron chi connectivity index (χ4n) is 2.33. The predicted molar refractivity (Wildman–Crippen MR) is 80.6 cm³/mol. The first kappa shape index (κ1) is 13.7. The molecule has 0 atom stereocenters. The van der Waals surface area contributed by atoms with Crippen molar-refractivity contribution in [1.29, 1.82) is 5.26 Å². The molecule has 0 spiro atoms. The number of hydrogen-bond donors (Lipinski definition) is 0. The van der Waals surface area contributed by atoms with Crippen molar-refractivity contribution >= 4 is 27.7 Å². The first-order valence-corrected chi connectivity index (χ1v) is 8.18. The van der Waals surface area contributed by atoms with Crippen molar-refractivity contribution in [1.82, 2.24) is 14.8 Å². The molecule has 0 amide bonds. The highest BCUT2D eigenvalue weighted by Crippen LogP contribution is 2.31. The van der Waals surface area contributed by atoms with E-state index < -0.39 is 0 Å². The lowest BCUT2D eigenvalue weighted by Crippen LogP contribution is -2.02. The molecule has 0 N–H and O–H groups in total. The van der Waals surface area contributed by atoms with Crippen molar-refractivity contribution in [3.8, 4) is 6.07 Å². The second kappa shape index (κ2) is 5.98. The average Bonchev–Trinajstić information content (AvgIpc) is 2.67. The Morgan fingerprint density at radius 2 is 2.10 bits per heavy atom. The van der Waals surface area contributed by atoms with E-state index in [2.05, 4.69) is 36.8 Å². The summed E-state index contributed by atoms with van der Waals surface area (Å²) in [5, 5.41) is 18.5. The maximum Gasteiger partial charge on any atom is 0.196 e. The van der Waals surface area contributed by atoms with Crippen LogP contribution in [0.3, 0.4) is 0 Å². The van der Waals surface area contributed by atoms with Crippen LogP contribution in [0.4, 0.5) is 0 Å². The van der Waals surface area contributed by atoms with Crippen molar-refractivity contribution in [2.75, 3.05) is 0 Å². The molecule has 0 radical (unpaired) electrons. The molecule has 0 bridgehead atoms. The van der Waals surface area contributed by atoms with Crippen LogP contribution in [0.25, 0.3) is 0 Å². The molecular weight excluding hydrogens is 336 g/mol. The average molecular weight is 349 g/mol. The van der Waals surface area contributed by atoms with E-state index >= 15 is 0 Å². The van der Waals surface area contributed by atoms with Crippen molar-refractivity contribution in [3.63, 3.8) is 0 Å². The third-order valence-corrected chi connectivity index (χ3v) is 4.70. The van der Waals surface area contributed by atoms with E-state index in [-0.39, 0.29) is 0 Å². The van der Waals surface area contributed by atoms with Gasteiger partial charge in [0.15, 0.2) is 5.16 Å². The van der Waals surface area contributed by atoms with Gasteiger partial charge < -0.3 is 4.57 Å². The number of rotatable bonds is 2. The fraction of sp³-hybridized carbons (Fsp3) is 0.357. The highest BCUT2D eigenvalue weighted by molar-refractivity contribution is 9.10. The number of halogens is 1. The van der Waals surface area contributed by atoms with Crippen LogP contribution in [0.5, 0.6) is 0 Å². The molecule has 1 aromatic carbocycles.